The third-order valence-electron chi connectivity index (χ3n) is 12.4. The topological polar surface area (TPSA) is 94.8 Å². The number of hydrogen-bond donors (Lipinski definition) is 3. The van der Waals surface area contributed by atoms with Gasteiger partial charge in [0.1, 0.15) is 5.75 Å². The number of hydrogen-bond acceptors (Lipinski definition) is 3. The molecule has 0 fully saturated rings. The summed E-state index contributed by atoms with van der Waals surface area (Å²) in [6, 6.07) is 1.73. The van der Waals surface area contributed by atoms with E-state index in [1.807, 2.05) is 27.7 Å². The van der Waals surface area contributed by atoms with Crippen molar-refractivity contribution >= 4 is 11.9 Å². The summed E-state index contributed by atoms with van der Waals surface area (Å²) in [7, 11) is 0. The van der Waals surface area contributed by atoms with Gasteiger partial charge in [-0.3, -0.25) is 9.59 Å². The second kappa shape index (κ2) is 31.0. The van der Waals surface area contributed by atoms with Gasteiger partial charge >= 0.3 is 11.9 Å². The van der Waals surface area contributed by atoms with Crippen LogP contribution in [0.3, 0.4) is 0 Å². The monoisotopic (exact) mass is 771 g/mol. The fourth-order valence-corrected chi connectivity index (χ4v) is 8.58. The largest absolute Gasteiger partial charge is 0.507 e. The van der Waals surface area contributed by atoms with Gasteiger partial charge in [-0.2, -0.15) is 0 Å². The Morgan fingerprint density at radius 2 is 0.764 bits per heavy atom. The van der Waals surface area contributed by atoms with E-state index in [-0.39, 0.29) is 12.2 Å². The number of rotatable bonds is 37. The molecule has 0 radical (unpaired) electrons. The smallest absolute Gasteiger partial charge is 0.325 e. The highest BCUT2D eigenvalue weighted by Crippen LogP contribution is 2.43. The summed E-state index contributed by atoms with van der Waals surface area (Å²) in [5.74, 6) is -2.41. The van der Waals surface area contributed by atoms with Crippen LogP contribution in [-0.2, 0) is 26.8 Å². The van der Waals surface area contributed by atoms with Crippen molar-refractivity contribution in [2.45, 2.75) is 271 Å². The normalized spacial score (nSPS) is 12.1. The maximum atomic E-state index is 13.1. The molecule has 0 amide bonds. The molecule has 0 aromatic heterocycles. The zero-order valence-corrected chi connectivity index (χ0v) is 37.3. The highest BCUT2D eigenvalue weighted by Gasteiger charge is 2.50. The Balaban J connectivity index is 2.67. The molecule has 0 spiro atoms. The molecule has 0 unspecified atom stereocenters. The van der Waals surface area contributed by atoms with E-state index in [1.165, 1.54) is 161 Å². The van der Waals surface area contributed by atoms with Gasteiger partial charge < -0.3 is 15.3 Å². The van der Waals surface area contributed by atoms with Gasteiger partial charge in [-0.1, -0.05) is 234 Å². The van der Waals surface area contributed by atoms with Crippen molar-refractivity contribution in [3.8, 4) is 5.75 Å². The SMILES string of the molecule is CCCCCCCCCCCCCCCCCCc1c(C(CCCCCCCCCCCCCCCCCC)(C(=O)O)C(=O)O)cc(C(C)(C)C)c(O)c1C. The number of benzene rings is 1. The molecule has 0 saturated heterocycles. The number of phenolic OH excluding ortho intramolecular Hbond substituents is 1. The van der Waals surface area contributed by atoms with Gasteiger partial charge in [-0.25, -0.2) is 0 Å². The quantitative estimate of drug-likeness (QED) is 0.0463. The van der Waals surface area contributed by atoms with Gasteiger partial charge in [0, 0.05) is 0 Å². The van der Waals surface area contributed by atoms with Gasteiger partial charge in [-0.05, 0) is 59.9 Å². The van der Waals surface area contributed by atoms with E-state index in [1.54, 1.807) is 6.07 Å². The van der Waals surface area contributed by atoms with Crippen LogP contribution in [0.15, 0.2) is 6.07 Å². The van der Waals surface area contributed by atoms with Crippen LogP contribution < -0.4 is 0 Å². The first-order valence-electron chi connectivity index (χ1n) is 23.8. The molecule has 5 nitrogen and oxygen atoms in total. The van der Waals surface area contributed by atoms with Crippen LogP contribution in [-0.4, -0.2) is 27.3 Å². The molecule has 0 aliphatic carbocycles. The molecular formula is C50H90O5. The van der Waals surface area contributed by atoms with Crippen molar-refractivity contribution in [1.29, 1.82) is 0 Å². The summed E-state index contributed by atoms with van der Waals surface area (Å²) in [5.41, 5.74) is -0.129. The first-order valence-corrected chi connectivity index (χ1v) is 23.8. The summed E-state index contributed by atoms with van der Waals surface area (Å²) in [5, 5.41) is 32.8. The zero-order valence-electron chi connectivity index (χ0n) is 37.3. The highest BCUT2D eigenvalue weighted by molar-refractivity contribution is 6.05. The van der Waals surface area contributed by atoms with E-state index in [9.17, 15) is 24.9 Å². The standard InChI is InChI=1S/C50H90O5/c1-7-9-11-13-15-17-19-21-23-25-27-29-31-33-35-37-39-43-42(3)46(51)45(49(4,5)6)41-44(43)50(47(52)53,48(54)55)40-38-36-34-32-30-28-26-24-22-20-18-16-14-12-10-8-2/h41,51H,7-40H2,1-6H3,(H,52,53)(H,54,55). The molecule has 1 aromatic rings. The Morgan fingerprint density at radius 1 is 0.473 bits per heavy atom. The molecule has 5 heteroatoms. The fourth-order valence-electron chi connectivity index (χ4n) is 8.58. The Bertz CT molecular complexity index is 1120. The van der Waals surface area contributed by atoms with E-state index >= 15 is 0 Å². The average molecular weight is 771 g/mol. The third-order valence-corrected chi connectivity index (χ3v) is 12.4. The van der Waals surface area contributed by atoms with E-state index in [0.29, 0.717) is 29.5 Å². The summed E-state index contributed by atoms with van der Waals surface area (Å²) in [4.78, 5) is 26.3. The molecular weight excluding hydrogens is 681 g/mol. The lowest BCUT2D eigenvalue weighted by molar-refractivity contribution is -0.158. The molecule has 320 valence electrons. The second-order valence-electron chi connectivity index (χ2n) is 18.3. The number of carboxylic acids is 2. The van der Waals surface area contributed by atoms with Gasteiger partial charge in [0.15, 0.2) is 5.41 Å². The molecule has 55 heavy (non-hydrogen) atoms. The van der Waals surface area contributed by atoms with Crippen molar-refractivity contribution in [2.75, 3.05) is 0 Å². The van der Waals surface area contributed by atoms with Gasteiger partial charge in [0.25, 0.3) is 0 Å². The Kier molecular flexibility index (Phi) is 28.7. The summed E-state index contributed by atoms with van der Waals surface area (Å²) in [6.07, 6.45) is 40.6. The fraction of sp³-hybridized carbons (Fsp3) is 0.840. The summed E-state index contributed by atoms with van der Waals surface area (Å²) in [6.45, 7) is 12.3. The molecule has 0 aliphatic rings. The summed E-state index contributed by atoms with van der Waals surface area (Å²) < 4.78 is 0. The first kappa shape index (κ1) is 51.0. The van der Waals surface area contributed by atoms with Crippen molar-refractivity contribution in [3.05, 3.63) is 28.3 Å². The Hall–Kier alpha value is -2.04. The lowest BCUT2D eigenvalue weighted by Crippen LogP contribution is -2.45. The van der Waals surface area contributed by atoms with Crippen LogP contribution in [0.1, 0.15) is 269 Å². The molecule has 1 rings (SSSR count). The predicted octanol–water partition coefficient (Wildman–Crippen LogP) is 15.9. The van der Waals surface area contributed by atoms with E-state index < -0.39 is 22.8 Å². The van der Waals surface area contributed by atoms with Crippen LogP contribution in [0.25, 0.3) is 0 Å². The van der Waals surface area contributed by atoms with E-state index in [4.69, 9.17) is 0 Å². The molecule has 1 aromatic carbocycles. The molecule has 0 aliphatic heterocycles. The van der Waals surface area contributed by atoms with Crippen LogP contribution in [0.2, 0.25) is 0 Å². The van der Waals surface area contributed by atoms with Crippen molar-refractivity contribution in [2.24, 2.45) is 0 Å². The number of aliphatic carboxylic acids is 2. The van der Waals surface area contributed by atoms with Crippen LogP contribution in [0.5, 0.6) is 5.75 Å². The number of unbranched alkanes of at least 4 members (excludes halogenated alkanes) is 30. The number of phenols is 1. The van der Waals surface area contributed by atoms with Crippen molar-refractivity contribution in [3.63, 3.8) is 0 Å². The lowest BCUT2D eigenvalue weighted by atomic mass is 9.70. The highest BCUT2D eigenvalue weighted by atomic mass is 16.4. The van der Waals surface area contributed by atoms with Gasteiger partial charge in [-0.15, -0.1) is 0 Å². The molecule has 0 bridgehead atoms. The minimum Gasteiger partial charge on any atom is -0.507 e. The van der Waals surface area contributed by atoms with Crippen molar-refractivity contribution in [1.82, 2.24) is 0 Å². The second-order valence-corrected chi connectivity index (χ2v) is 18.3. The number of aromatic hydroxyl groups is 1. The maximum absolute atomic E-state index is 13.1. The molecule has 0 saturated carbocycles. The van der Waals surface area contributed by atoms with Gasteiger partial charge in [0.05, 0.1) is 0 Å². The molecule has 0 heterocycles. The first-order chi connectivity index (χ1) is 26.4. The number of carbonyl (C=O) groups is 2. The summed E-state index contributed by atoms with van der Waals surface area (Å²) >= 11 is 0. The molecule has 0 atom stereocenters. The Labute approximate surface area is 340 Å². The van der Waals surface area contributed by atoms with Crippen LogP contribution in [0, 0.1) is 6.92 Å². The number of carboxylic acid groups (broad SMARTS) is 2. The predicted molar refractivity (Wildman–Crippen MR) is 236 cm³/mol. The van der Waals surface area contributed by atoms with E-state index in [0.717, 1.165) is 44.1 Å². The molecule has 3 N–H and O–H groups in total. The van der Waals surface area contributed by atoms with E-state index in [2.05, 4.69) is 13.8 Å². The Morgan fingerprint density at radius 3 is 1.05 bits per heavy atom. The average Bonchev–Trinajstić information content (AvgIpc) is 3.14. The minimum absolute atomic E-state index is 0.0653. The van der Waals surface area contributed by atoms with Gasteiger partial charge in [0.2, 0.25) is 0 Å². The van der Waals surface area contributed by atoms with Crippen molar-refractivity contribution < 1.29 is 24.9 Å². The minimum atomic E-state index is -2.03. The lowest BCUT2D eigenvalue weighted by Gasteiger charge is -2.32. The zero-order chi connectivity index (χ0) is 40.8. The van der Waals surface area contributed by atoms with Crippen LogP contribution in [0.4, 0.5) is 0 Å². The maximum Gasteiger partial charge on any atom is 0.325 e. The third kappa shape index (κ3) is 20.8. The van der Waals surface area contributed by atoms with Crippen LogP contribution >= 0.6 is 0 Å².